The van der Waals surface area contributed by atoms with Crippen molar-refractivity contribution in [2.45, 2.75) is 58.2 Å². The van der Waals surface area contributed by atoms with E-state index in [4.69, 9.17) is 0 Å². The van der Waals surface area contributed by atoms with E-state index >= 15 is 0 Å². The molecule has 0 aliphatic rings. The molecule has 2 aromatic carbocycles. The first-order chi connectivity index (χ1) is 13.7. The fourth-order valence-corrected chi connectivity index (χ4v) is 14.4. The highest BCUT2D eigenvalue weighted by Crippen LogP contribution is 2.46. The van der Waals surface area contributed by atoms with Crippen LogP contribution in [-0.4, -0.2) is 8.07 Å². The van der Waals surface area contributed by atoms with Crippen LogP contribution in [0, 0.1) is 0 Å². The minimum atomic E-state index is -1.78. The van der Waals surface area contributed by atoms with Gasteiger partial charge in [0.15, 0.2) is 0 Å². The van der Waals surface area contributed by atoms with E-state index in [-0.39, 0.29) is 0 Å². The SMILES string of the molecule is CC(C)[Si](c1cc(-c2ccc(Br)cc2)sc1-c1ccc(Br)cc1)(C(C)C)C(C)C. The molecule has 0 unspecified atom stereocenters. The number of thiophene rings is 1. The van der Waals surface area contributed by atoms with Crippen LogP contribution in [0.4, 0.5) is 0 Å². The van der Waals surface area contributed by atoms with Gasteiger partial charge in [-0.25, -0.2) is 0 Å². The molecule has 0 saturated heterocycles. The Balaban J connectivity index is 2.31. The monoisotopic (exact) mass is 548 g/mol. The lowest BCUT2D eigenvalue weighted by Gasteiger charge is -2.43. The Morgan fingerprint density at radius 2 is 1.07 bits per heavy atom. The topological polar surface area (TPSA) is 0 Å². The summed E-state index contributed by atoms with van der Waals surface area (Å²) in [5.74, 6) is 0. The summed E-state index contributed by atoms with van der Waals surface area (Å²) >= 11 is 9.14. The summed E-state index contributed by atoms with van der Waals surface area (Å²) in [4.78, 5) is 2.85. The van der Waals surface area contributed by atoms with E-state index in [2.05, 4.69) is 128 Å². The zero-order valence-electron chi connectivity index (χ0n) is 18.1. The van der Waals surface area contributed by atoms with Crippen LogP contribution in [0.1, 0.15) is 41.5 Å². The largest absolute Gasteiger partial charge is 0.135 e. The number of hydrogen-bond acceptors (Lipinski definition) is 1. The average molecular weight is 550 g/mol. The molecular weight excluding hydrogens is 520 g/mol. The second-order valence-corrected chi connectivity index (χ2v) is 17.5. The van der Waals surface area contributed by atoms with Gasteiger partial charge in [-0.2, -0.15) is 0 Å². The van der Waals surface area contributed by atoms with Crippen molar-refractivity contribution in [3.8, 4) is 20.9 Å². The van der Waals surface area contributed by atoms with Crippen LogP contribution in [0.15, 0.2) is 63.5 Å². The molecule has 0 bridgehead atoms. The molecule has 0 spiro atoms. The maximum Gasteiger partial charge on any atom is 0.0961 e. The molecule has 0 atom stereocenters. The third-order valence-corrected chi connectivity index (χ3v) is 15.8. The van der Waals surface area contributed by atoms with E-state index in [1.54, 1.807) is 5.19 Å². The van der Waals surface area contributed by atoms with Gasteiger partial charge in [0.05, 0.1) is 8.07 Å². The maximum absolute atomic E-state index is 3.60. The van der Waals surface area contributed by atoms with Crippen LogP contribution in [0.2, 0.25) is 16.6 Å². The summed E-state index contributed by atoms with van der Waals surface area (Å²) in [5, 5.41) is 1.64. The Morgan fingerprint density at radius 3 is 1.48 bits per heavy atom. The van der Waals surface area contributed by atoms with Crippen LogP contribution in [-0.2, 0) is 0 Å². The molecular formula is C25H30Br2SSi. The first-order valence-corrected chi connectivity index (χ1v) is 15.0. The van der Waals surface area contributed by atoms with Gasteiger partial charge < -0.3 is 0 Å². The maximum atomic E-state index is 3.60. The third-order valence-electron chi connectivity index (χ3n) is 6.30. The lowest BCUT2D eigenvalue weighted by Crippen LogP contribution is -2.55. The van der Waals surface area contributed by atoms with Gasteiger partial charge >= 0.3 is 0 Å². The van der Waals surface area contributed by atoms with Crippen molar-refractivity contribution >= 4 is 56.5 Å². The molecule has 0 fully saturated rings. The Morgan fingerprint density at radius 1 is 0.655 bits per heavy atom. The average Bonchev–Trinajstić information content (AvgIpc) is 3.08. The molecule has 154 valence electrons. The van der Waals surface area contributed by atoms with E-state index in [9.17, 15) is 0 Å². The van der Waals surface area contributed by atoms with Crippen molar-refractivity contribution in [2.24, 2.45) is 0 Å². The predicted molar refractivity (Wildman–Crippen MR) is 141 cm³/mol. The number of rotatable bonds is 6. The van der Waals surface area contributed by atoms with Gasteiger partial charge in [0, 0.05) is 18.7 Å². The van der Waals surface area contributed by atoms with Gasteiger partial charge in [0.2, 0.25) is 0 Å². The second-order valence-electron chi connectivity index (χ2n) is 8.76. The number of hydrogen-bond donors (Lipinski definition) is 0. The highest BCUT2D eigenvalue weighted by Gasteiger charge is 2.46. The molecule has 0 amide bonds. The van der Waals surface area contributed by atoms with Gasteiger partial charge in [-0.15, -0.1) is 11.3 Å². The Labute approximate surface area is 198 Å². The lowest BCUT2D eigenvalue weighted by atomic mass is 10.1. The molecule has 1 aromatic heterocycles. The Bertz CT molecular complexity index is 932. The molecule has 0 N–H and O–H groups in total. The summed E-state index contributed by atoms with van der Waals surface area (Å²) in [6.45, 7) is 14.7. The molecule has 0 saturated carbocycles. The molecule has 4 heteroatoms. The zero-order chi connectivity index (χ0) is 21.3. The third kappa shape index (κ3) is 4.37. The van der Waals surface area contributed by atoms with Gasteiger partial charge in [0.25, 0.3) is 0 Å². The Hall–Kier alpha value is -0.683. The van der Waals surface area contributed by atoms with Crippen LogP contribution in [0.5, 0.6) is 0 Å². The summed E-state index contributed by atoms with van der Waals surface area (Å²) < 4.78 is 2.26. The van der Waals surface area contributed by atoms with Crippen LogP contribution in [0.3, 0.4) is 0 Å². The number of halogens is 2. The van der Waals surface area contributed by atoms with E-state index in [0.29, 0.717) is 16.6 Å². The standard InChI is InChI=1S/C25H30Br2SSi/c1-16(2)29(17(3)4,18(5)6)24-15-23(19-7-11-21(26)12-8-19)28-25(24)20-9-13-22(27)14-10-20/h7-18H,1-6H3. The quantitative estimate of drug-likeness (QED) is 0.268. The van der Waals surface area contributed by atoms with E-state index in [1.165, 1.54) is 20.9 Å². The molecule has 0 nitrogen and oxygen atoms in total. The van der Waals surface area contributed by atoms with Crippen molar-refractivity contribution in [3.63, 3.8) is 0 Å². The van der Waals surface area contributed by atoms with Gasteiger partial charge in [-0.05, 0) is 63.3 Å². The van der Waals surface area contributed by atoms with E-state index < -0.39 is 8.07 Å². The van der Waals surface area contributed by atoms with E-state index in [0.717, 1.165) is 8.95 Å². The normalized spacial score (nSPS) is 12.4. The van der Waals surface area contributed by atoms with Gasteiger partial charge in [-0.3, -0.25) is 0 Å². The zero-order valence-corrected chi connectivity index (χ0v) is 23.1. The van der Waals surface area contributed by atoms with Crippen molar-refractivity contribution in [2.75, 3.05) is 0 Å². The van der Waals surface area contributed by atoms with Gasteiger partial charge in [-0.1, -0.05) is 97.7 Å². The van der Waals surface area contributed by atoms with Gasteiger partial charge in [0.1, 0.15) is 0 Å². The molecule has 3 aromatic rings. The highest BCUT2D eigenvalue weighted by atomic mass is 79.9. The molecule has 0 aliphatic heterocycles. The highest BCUT2D eigenvalue weighted by molar-refractivity contribution is 9.10. The fraction of sp³-hybridized carbons (Fsp3) is 0.360. The van der Waals surface area contributed by atoms with E-state index in [1.807, 2.05) is 11.3 Å². The fourth-order valence-electron chi connectivity index (χ4n) is 5.22. The summed E-state index contributed by atoms with van der Waals surface area (Å²) in [6, 6.07) is 20.2. The first kappa shape index (κ1) is 23.0. The molecule has 0 radical (unpaired) electrons. The van der Waals surface area contributed by atoms with Crippen LogP contribution in [0.25, 0.3) is 20.9 Å². The Kier molecular flexibility index (Phi) is 7.30. The first-order valence-electron chi connectivity index (χ1n) is 10.3. The van der Waals surface area contributed by atoms with Crippen LogP contribution < -0.4 is 5.19 Å². The molecule has 3 rings (SSSR count). The molecule has 1 heterocycles. The predicted octanol–water partition coefficient (Wildman–Crippen LogP) is 9.49. The molecule has 29 heavy (non-hydrogen) atoms. The van der Waals surface area contributed by atoms with Crippen molar-refractivity contribution in [1.82, 2.24) is 0 Å². The minimum Gasteiger partial charge on any atom is -0.135 e. The second kappa shape index (κ2) is 9.21. The van der Waals surface area contributed by atoms with Crippen LogP contribution >= 0.6 is 43.2 Å². The summed E-state index contributed by atoms with van der Waals surface area (Å²) in [7, 11) is -1.78. The summed E-state index contributed by atoms with van der Waals surface area (Å²) in [6.07, 6.45) is 0. The van der Waals surface area contributed by atoms with Crippen molar-refractivity contribution in [1.29, 1.82) is 0 Å². The van der Waals surface area contributed by atoms with Crippen molar-refractivity contribution in [3.05, 3.63) is 63.5 Å². The van der Waals surface area contributed by atoms with Crippen molar-refractivity contribution < 1.29 is 0 Å². The smallest absolute Gasteiger partial charge is 0.0961 e. The minimum absolute atomic E-state index is 0.684. The summed E-state index contributed by atoms with van der Waals surface area (Å²) in [5.41, 5.74) is 4.70. The lowest BCUT2D eigenvalue weighted by molar-refractivity contribution is 0.835. The molecule has 0 aliphatic carbocycles. The number of benzene rings is 2.